The highest BCUT2D eigenvalue weighted by Gasteiger charge is 2.15. The van der Waals surface area contributed by atoms with Gasteiger partial charge in [0, 0.05) is 25.4 Å². The Balaban J connectivity index is 1.85. The molecule has 0 atom stereocenters. The van der Waals surface area contributed by atoms with Crippen LogP contribution in [0.15, 0.2) is 30.6 Å². The van der Waals surface area contributed by atoms with Crippen molar-refractivity contribution < 1.29 is 9.47 Å². The van der Waals surface area contributed by atoms with Crippen molar-refractivity contribution in [3.63, 3.8) is 0 Å². The summed E-state index contributed by atoms with van der Waals surface area (Å²) in [6.45, 7) is 2.89. The van der Waals surface area contributed by atoms with Gasteiger partial charge in [-0.25, -0.2) is 5.84 Å². The SMILES string of the molecule is NNc1cc(N2CCOCC2)nc(Oc2cccnc2)n1. The average Bonchev–Trinajstić information content (AvgIpc) is 2.56. The number of hydrazine groups is 1. The number of nitrogens with two attached hydrogens (primary N) is 1. The van der Waals surface area contributed by atoms with Crippen LogP contribution < -0.4 is 20.9 Å². The molecule has 0 unspecified atom stereocenters. The summed E-state index contributed by atoms with van der Waals surface area (Å²) in [6.07, 6.45) is 3.27. The van der Waals surface area contributed by atoms with Gasteiger partial charge in [0.25, 0.3) is 0 Å². The van der Waals surface area contributed by atoms with Gasteiger partial charge < -0.3 is 19.8 Å². The van der Waals surface area contributed by atoms with Gasteiger partial charge in [-0.05, 0) is 12.1 Å². The van der Waals surface area contributed by atoms with E-state index in [9.17, 15) is 0 Å². The summed E-state index contributed by atoms with van der Waals surface area (Å²) in [5, 5.41) is 0. The van der Waals surface area contributed by atoms with Crippen LogP contribution in [0, 0.1) is 0 Å². The molecule has 2 aromatic heterocycles. The van der Waals surface area contributed by atoms with Crippen molar-refractivity contribution in [2.45, 2.75) is 0 Å². The molecular weight excluding hydrogens is 272 g/mol. The number of nitrogen functional groups attached to an aromatic ring is 1. The van der Waals surface area contributed by atoms with E-state index in [0.29, 0.717) is 24.8 Å². The summed E-state index contributed by atoms with van der Waals surface area (Å²) >= 11 is 0. The molecule has 0 bridgehead atoms. The number of hydrogen-bond acceptors (Lipinski definition) is 8. The molecule has 1 fully saturated rings. The van der Waals surface area contributed by atoms with Crippen LogP contribution in [0.4, 0.5) is 11.6 Å². The predicted molar refractivity (Wildman–Crippen MR) is 77.2 cm³/mol. The van der Waals surface area contributed by atoms with Crippen LogP contribution in [0.25, 0.3) is 0 Å². The summed E-state index contributed by atoms with van der Waals surface area (Å²) in [5.74, 6) is 7.27. The fourth-order valence-electron chi connectivity index (χ4n) is 2.00. The molecule has 21 heavy (non-hydrogen) atoms. The van der Waals surface area contributed by atoms with Crippen LogP contribution in [0.2, 0.25) is 0 Å². The lowest BCUT2D eigenvalue weighted by Crippen LogP contribution is -2.36. The quantitative estimate of drug-likeness (QED) is 0.629. The van der Waals surface area contributed by atoms with Crippen LogP contribution in [-0.2, 0) is 4.74 Å². The van der Waals surface area contributed by atoms with Gasteiger partial charge in [-0.1, -0.05) is 0 Å². The largest absolute Gasteiger partial charge is 0.423 e. The lowest BCUT2D eigenvalue weighted by atomic mass is 10.4. The lowest BCUT2D eigenvalue weighted by molar-refractivity contribution is 0.122. The zero-order valence-electron chi connectivity index (χ0n) is 11.4. The van der Waals surface area contributed by atoms with E-state index >= 15 is 0 Å². The van der Waals surface area contributed by atoms with E-state index in [1.807, 2.05) is 0 Å². The number of hydrogen-bond donors (Lipinski definition) is 2. The molecule has 0 saturated carbocycles. The maximum Gasteiger partial charge on any atom is 0.326 e. The van der Waals surface area contributed by atoms with E-state index < -0.39 is 0 Å². The Hall–Kier alpha value is -2.45. The number of nitrogens with zero attached hydrogens (tertiary/aromatic N) is 4. The molecule has 1 aliphatic heterocycles. The monoisotopic (exact) mass is 288 g/mol. The second kappa shape index (κ2) is 6.33. The Morgan fingerprint density at radius 3 is 2.86 bits per heavy atom. The third-order valence-corrected chi connectivity index (χ3v) is 3.02. The van der Waals surface area contributed by atoms with Crippen molar-refractivity contribution in [2.75, 3.05) is 36.6 Å². The molecule has 0 aliphatic carbocycles. The predicted octanol–water partition coefficient (Wildman–Crippen LogP) is 0.786. The summed E-state index contributed by atoms with van der Waals surface area (Å²) < 4.78 is 11.0. The van der Waals surface area contributed by atoms with E-state index in [-0.39, 0.29) is 6.01 Å². The van der Waals surface area contributed by atoms with Crippen molar-refractivity contribution in [3.05, 3.63) is 30.6 Å². The molecule has 0 aromatic carbocycles. The normalized spacial score (nSPS) is 14.8. The van der Waals surface area contributed by atoms with Gasteiger partial charge >= 0.3 is 6.01 Å². The van der Waals surface area contributed by atoms with E-state index in [1.165, 1.54) is 0 Å². The van der Waals surface area contributed by atoms with Crippen LogP contribution >= 0.6 is 0 Å². The number of morpholine rings is 1. The second-order valence-corrected chi connectivity index (χ2v) is 4.43. The Bertz CT molecular complexity index is 588. The third-order valence-electron chi connectivity index (χ3n) is 3.02. The Labute approximate surface area is 121 Å². The van der Waals surface area contributed by atoms with Crippen LogP contribution in [0.1, 0.15) is 0 Å². The summed E-state index contributed by atoms with van der Waals surface area (Å²) in [5.41, 5.74) is 2.53. The van der Waals surface area contributed by atoms with E-state index in [0.717, 1.165) is 18.9 Å². The number of nitrogens with one attached hydrogen (secondary N) is 1. The van der Waals surface area contributed by atoms with Gasteiger partial charge in [-0.2, -0.15) is 9.97 Å². The fourth-order valence-corrected chi connectivity index (χ4v) is 2.00. The number of rotatable bonds is 4. The van der Waals surface area contributed by atoms with Gasteiger partial charge in [0.2, 0.25) is 0 Å². The zero-order valence-corrected chi connectivity index (χ0v) is 11.4. The molecule has 0 radical (unpaired) electrons. The van der Waals surface area contributed by atoms with Crippen molar-refractivity contribution in [2.24, 2.45) is 5.84 Å². The molecule has 0 spiro atoms. The van der Waals surface area contributed by atoms with Gasteiger partial charge in [0.15, 0.2) is 0 Å². The van der Waals surface area contributed by atoms with Crippen LogP contribution in [0.5, 0.6) is 11.8 Å². The van der Waals surface area contributed by atoms with Gasteiger partial charge in [0.1, 0.15) is 17.4 Å². The third kappa shape index (κ3) is 3.36. The molecule has 8 nitrogen and oxygen atoms in total. The van der Waals surface area contributed by atoms with Crippen LogP contribution in [0.3, 0.4) is 0 Å². The highest BCUT2D eigenvalue weighted by atomic mass is 16.5. The molecule has 3 heterocycles. The van der Waals surface area contributed by atoms with Gasteiger partial charge in [-0.15, -0.1) is 0 Å². The van der Waals surface area contributed by atoms with Gasteiger partial charge in [0.05, 0.1) is 19.4 Å². The zero-order chi connectivity index (χ0) is 14.5. The number of aromatic nitrogens is 3. The van der Waals surface area contributed by atoms with Crippen molar-refractivity contribution in [3.8, 4) is 11.8 Å². The molecule has 8 heteroatoms. The van der Waals surface area contributed by atoms with Crippen molar-refractivity contribution in [1.29, 1.82) is 0 Å². The first kappa shape index (κ1) is 13.5. The van der Waals surface area contributed by atoms with Crippen molar-refractivity contribution >= 4 is 11.6 Å². The first-order valence-corrected chi connectivity index (χ1v) is 6.61. The minimum absolute atomic E-state index is 0.222. The lowest BCUT2D eigenvalue weighted by Gasteiger charge is -2.28. The van der Waals surface area contributed by atoms with E-state index in [4.69, 9.17) is 15.3 Å². The molecule has 2 aromatic rings. The molecule has 3 N–H and O–H groups in total. The van der Waals surface area contributed by atoms with E-state index in [1.54, 1.807) is 30.6 Å². The number of pyridine rings is 1. The average molecular weight is 288 g/mol. The molecule has 110 valence electrons. The summed E-state index contributed by atoms with van der Waals surface area (Å²) in [6, 6.07) is 5.57. The first-order valence-electron chi connectivity index (χ1n) is 6.61. The Morgan fingerprint density at radius 2 is 2.14 bits per heavy atom. The number of anilines is 2. The molecule has 1 aliphatic rings. The highest BCUT2D eigenvalue weighted by molar-refractivity contribution is 5.50. The Kier molecular flexibility index (Phi) is 4.08. The Morgan fingerprint density at radius 1 is 1.29 bits per heavy atom. The van der Waals surface area contributed by atoms with Crippen molar-refractivity contribution in [1.82, 2.24) is 15.0 Å². The molecule has 3 rings (SSSR count). The van der Waals surface area contributed by atoms with Crippen LogP contribution in [-0.4, -0.2) is 41.3 Å². The summed E-state index contributed by atoms with van der Waals surface area (Å²) in [7, 11) is 0. The molecule has 1 saturated heterocycles. The minimum atomic E-state index is 0.222. The summed E-state index contributed by atoms with van der Waals surface area (Å²) in [4.78, 5) is 14.7. The minimum Gasteiger partial charge on any atom is -0.423 e. The number of ether oxygens (including phenoxy) is 2. The van der Waals surface area contributed by atoms with E-state index in [2.05, 4.69) is 25.3 Å². The highest BCUT2D eigenvalue weighted by Crippen LogP contribution is 2.23. The fraction of sp³-hybridized carbons (Fsp3) is 0.308. The first-order chi connectivity index (χ1) is 10.3. The topological polar surface area (TPSA) is 98.4 Å². The standard InChI is InChI=1S/C13H16N6O2/c14-18-11-8-12(19-4-6-20-7-5-19)17-13(16-11)21-10-2-1-3-15-9-10/h1-3,8-9H,4-7,14H2,(H,16,17,18). The van der Waals surface area contributed by atoms with Gasteiger partial charge in [-0.3, -0.25) is 4.98 Å². The molecular formula is C13H16N6O2. The maximum absolute atomic E-state index is 5.61. The second-order valence-electron chi connectivity index (χ2n) is 4.43. The molecule has 0 amide bonds. The smallest absolute Gasteiger partial charge is 0.326 e. The maximum atomic E-state index is 5.61.